The molecule has 0 saturated carbocycles. The van der Waals surface area contributed by atoms with Crippen LogP contribution in [-0.4, -0.2) is 9.82 Å². The van der Waals surface area contributed by atoms with Gasteiger partial charge in [-0.25, -0.2) is 5.26 Å². The van der Waals surface area contributed by atoms with E-state index in [0.29, 0.717) is 5.76 Å². The fraction of sp³-hybridized carbons (Fsp3) is 0.400. The number of allylic oxidation sites excluding steroid dienone is 2. The van der Waals surface area contributed by atoms with Crippen molar-refractivity contribution in [1.82, 2.24) is 4.57 Å². The van der Waals surface area contributed by atoms with E-state index < -0.39 is 0 Å². The molecule has 1 aromatic heterocycles. The van der Waals surface area contributed by atoms with Crippen molar-refractivity contribution in [2.75, 3.05) is 0 Å². The van der Waals surface area contributed by atoms with Gasteiger partial charge in [-0.3, -0.25) is 0 Å². The molecule has 0 radical (unpaired) electrons. The first-order valence-electron chi connectivity index (χ1n) is 4.38. The molecule has 0 unspecified atom stereocenters. The number of rotatable bonds is 2. The molecule has 1 aromatic rings. The third-order valence-corrected chi connectivity index (χ3v) is 1.64. The molecule has 1 N–H and O–H groups in total. The minimum Gasteiger partial charge on any atom is -0.343 e. The molecule has 0 amide bonds. The molecule has 1 heterocycles. The highest BCUT2D eigenvalue weighted by molar-refractivity contribution is 5.44. The van der Waals surface area contributed by atoms with Gasteiger partial charge in [-0.1, -0.05) is 13.8 Å². The van der Waals surface area contributed by atoms with Crippen LogP contribution in [0.3, 0.4) is 0 Å². The maximum absolute atomic E-state index is 8.33. The fourth-order valence-electron chi connectivity index (χ4n) is 0.806. The third kappa shape index (κ3) is 3.34. The van der Waals surface area contributed by atoms with Gasteiger partial charge in [0.2, 0.25) is 0 Å². The largest absolute Gasteiger partial charge is 0.343 e. The highest BCUT2D eigenvalue weighted by atomic mass is 17.1. The Labute approximate surface area is 79.2 Å². The van der Waals surface area contributed by atoms with Crippen molar-refractivity contribution in [3.8, 4) is 0 Å². The molecular weight excluding hydrogens is 166 g/mol. The van der Waals surface area contributed by atoms with E-state index in [-0.39, 0.29) is 0 Å². The molecule has 0 aliphatic rings. The number of hydrogen-bond donors (Lipinski definition) is 1. The maximum Gasteiger partial charge on any atom is 0.158 e. The SMILES string of the molecule is C/C(OO)=C(\C)n1cccc1.CC. The lowest BCUT2D eigenvalue weighted by Crippen LogP contribution is -1.94. The zero-order valence-corrected chi connectivity index (χ0v) is 8.61. The molecule has 3 nitrogen and oxygen atoms in total. The molecule has 0 aliphatic carbocycles. The van der Waals surface area contributed by atoms with Crippen molar-refractivity contribution < 1.29 is 10.1 Å². The van der Waals surface area contributed by atoms with Gasteiger partial charge < -0.3 is 9.45 Å². The average Bonchev–Trinajstić information content (AvgIpc) is 2.71. The molecule has 0 fully saturated rings. The van der Waals surface area contributed by atoms with Gasteiger partial charge >= 0.3 is 0 Å². The van der Waals surface area contributed by atoms with E-state index >= 15 is 0 Å². The van der Waals surface area contributed by atoms with Crippen molar-refractivity contribution in [3.05, 3.63) is 30.3 Å². The standard InChI is InChI=1S/C8H11NO2.C2H6/c1-7(8(2)11-10)9-5-3-4-6-9;1-2/h3-6,10H,1-2H3;1-2H3/b8-7-;. The number of aromatic nitrogens is 1. The highest BCUT2D eigenvalue weighted by Crippen LogP contribution is 2.09. The van der Waals surface area contributed by atoms with Gasteiger partial charge in [-0.15, -0.1) is 0 Å². The van der Waals surface area contributed by atoms with Crippen LogP contribution >= 0.6 is 0 Å². The van der Waals surface area contributed by atoms with Crippen LogP contribution in [0, 0.1) is 0 Å². The van der Waals surface area contributed by atoms with Crippen LogP contribution in [0.4, 0.5) is 0 Å². The first-order valence-corrected chi connectivity index (χ1v) is 4.38. The quantitative estimate of drug-likeness (QED) is 0.434. The zero-order valence-electron chi connectivity index (χ0n) is 8.61. The third-order valence-electron chi connectivity index (χ3n) is 1.64. The summed E-state index contributed by atoms with van der Waals surface area (Å²) in [7, 11) is 0. The van der Waals surface area contributed by atoms with Crippen LogP contribution in [0.1, 0.15) is 27.7 Å². The van der Waals surface area contributed by atoms with E-state index in [1.807, 2.05) is 49.9 Å². The van der Waals surface area contributed by atoms with Crippen LogP contribution in [0.5, 0.6) is 0 Å². The molecule has 0 saturated heterocycles. The first-order chi connectivity index (χ1) is 6.25. The highest BCUT2D eigenvalue weighted by Gasteiger charge is 1.97. The predicted octanol–water partition coefficient (Wildman–Crippen LogP) is 3.21. The average molecular weight is 183 g/mol. The Kier molecular flexibility index (Phi) is 5.72. The molecule has 0 bridgehead atoms. The van der Waals surface area contributed by atoms with Crippen molar-refractivity contribution in [2.45, 2.75) is 27.7 Å². The minimum absolute atomic E-state index is 0.501. The minimum atomic E-state index is 0.501. The number of nitrogens with zero attached hydrogens (tertiary/aromatic N) is 1. The van der Waals surface area contributed by atoms with E-state index in [0.717, 1.165) is 5.70 Å². The lowest BCUT2D eigenvalue weighted by molar-refractivity contribution is -0.201. The molecule has 1 rings (SSSR count). The summed E-state index contributed by atoms with van der Waals surface area (Å²) in [6.07, 6.45) is 3.77. The van der Waals surface area contributed by atoms with E-state index in [1.54, 1.807) is 6.92 Å². The van der Waals surface area contributed by atoms with Gasteiger partial charge in [0.05, 0.1) is 5.70 Å². The van der Waals surface area contributed by atoms with Gasteiger partial charge in [0.25, 0.3) is 0 Å². The van der Waals surface area contributed by atoms with Crippen LogP contribution in [-0.2, 0) is 4.89 Å². The second kappa shape index (κ2) is 6.31. The summed E-state index contributed by atoms with van der Waals surface area (Å²) in [5.74, 6) is 0.501. The molecular formula is C10H17NO2. The van der Waals surface area contributed by atoms with E-state index in [2.05, 4.69) is 4.89 Å². The lowest BCUT2D eigenvalue weighted by atomic mass is 10.4. The maximum atomic E-state index is 8.33. The monoisotopic (exact) mass is 183 g/mol. The van der Waals surface area contributed by atoms with Crippen LogP contribution < -0.4 is 0 Å². The van der Waals surface area contributed by atoms with Crippen LogP contribution in [0.25, 0.3) is 5.70 Å². The summed E-state index contributed by atoms with van der Waals surface area (Å²) in [4.78, 5) is 4.09. The van der Waals surface area contributed by atoms with Crippen LogP contribution in [0.15, 0.2) is 30.3 Å². The molecule has 3 heteroatoms. The summed E-state index contributed by atoms with van der Waals surface area (Å²) in [6.45, 7) is 7.57. The Balaban J connectivity index is 0.000000671. The Morgan fingerprint density at radius 1 is 1.15 bits per heavy atom. The predicted molar refractivity (Wildman–Crippen MR) is 54.1 cm³/mol. The Morgan fingerprint density at radius 2 is 1.62 bits per heavy atom. The molecule has 0 atom stereocenters. The molecule has 13 heavy (non-hydrogen) atoms. The summed E-state index contributed by atoms with van der Waals surface area (Å²) >= 11 is 0. The van der Waals surface area contributed by atoms with E-state index in [9.17, 15) is 0 Å². The Morgan fingerprint density at radius 3 is 2.00 bits per heavy atom. The summed E-state index contributed by atoms with van der Waals surface area (Å²) in [5, 5.41) is 8.33. The summed E-state index contributed by atoms with van der Waals surface area (Å²) in [6, 6.07) is 3.82. The van der Waals surface area contributed by atoms with Crippen molar-refractivity contribution in [1.29, 1.82) is 0 Å². The fourth-order valence-corrected chi connectivity index (χ4v) is 0.806. The first kappa shape index (κ1) is 11.8. The topological polar surface area (TPSA) is 34.4 Å². The lowest BCUT2D eigenvalue weighted by Gasteiger charge is -2.04. The van der Waals surface area contributed by atoms with Crippen molar-refractivity contribution in [2.24, 2.45) is 0 Å². The summed E-state index contributed by atoms with van der Waals surface area (Å²) < 4.78 is 1.87. The zero-order chi connectivity index (χ0) is 10.3. The van der Waals surface area contributed by atoms with E-state index in [4.69, 9.17) is 5.26 Å². The van der Waals surface area contributed by atoms with Gasteiger partial charge in [0.1, 0.15) is 0 Å². The molecule has 0 spiro atoms. The Bertz CT molecular complexity index is 250. The smallest absolute Gasteiger partial charge is 0.158 e. The normalized spacial score (nSPS) is 11.2. The van der Waals surface area contributed by atoms with Gasteiger partial charge in [-0.2, -0.15) is 0 Å². The summed E-state index contributed by atoms with van der Waals surface area (Å²) in [5.41, 5.74) is 0.873. The Hall–Kier alpha value is -1.22. The van der Waals surface area contributed by atoms with Crippen molar-refractivity contribution >= 4 is 5.70 Å². The molecule has 0 aromatic carbocycles. The molecule has 0 aliphatic heterocycles. The van der Waals surface area contributed by atoms with Crippen molar-refractivity contribution in [3.63, 3.8) is 0 Å². The van der Waals surface area contributed by atoms with Gasteiger partial charge in [0.15, 0.2) is 5.76 Å². The van der Waals surface area contributed by atoms with E-state index in [1.165, 1.54) is 0 Å². The second-order valence-electron chi connectivity index (χ2n) is 2.32. The number of hydrogen-bond acceptors (Lipinski definition) is 2. The van der Waals surface area contributed by atoms with Gasteiger partial charge in [-0.05, 0) is 26.0 Å². The van der Waals surface area contributed by atoms with Gasteiger partial charge in [0, 0.05) is 12.4 Å². The second-order valence-corrected chi connectivity index (χ2v) is 2.32. The van der Waals surface area contributed by atoms with Crippen LogP contribution in [0.2, 0.25) is 0 Å². The molecule has 74 valence electrons.